The van der Waals surface area contributed by atoms with Gasteiger partial charge in [0.2, 0.25) is 5.91 Å². The molecule has 1 heterocycles. The van der Waals surface area contributed by atoms with E-state index in [-0.39, 0.29) is 11.9 Å². The number of likely N-dealkylation sites (tertiary alicyclic amines) is 1. The van der Waals surface area contributed by atoms with E-state index in [4.69, 9.17) is 5.73 Å². The number of nitrogens with zero attached hydrogens (tertiary/aromatic N) is 1. The third-order valence-corrected chi connectivity index (χ3v) is 4.62. The first kappa shape index (κ1) is 14.5. The van der Waals surface area contributed by atoms with Crippen molar-refractivity contribution in [2.45, 2.75) is 56.8 Å². The molecule has 0 aromatic heterocycles. The van der Waals surface area contributed by atoms with Crippen molar-refractivity contribution in [1.29, 1.82) is 0 Å². The van der Waals surface area contributed by atoms with Crippen molar-refractivity contribution in [3.63, 3.8) is 0 Å². The highest BCUT2D eigenvalue weighted by Crippen LogP contribution is 2.33. The lowest BCUT2D eigenvalue weighted by Crippen LogP contribution is -2.47. The minimum absolute atomic E-state index is 0.0197. The van der Waals surface area contributed by atoms with Gasteiger partial charge in [-0.3, -0.25) is 9.69 Å². The Hall–Kier alpha value is -1.39. The van der Waals surface area contributed by atoms with Gasteiger partial charge in [0, 0.05) is 24.7 Å². The Morgan fingerprint density at radius 2 is 2.10 bits per heavy atom. The van der Waals surface area contributed by atoms with Gasteiger partial charge in [0.05, 0.1) is 6.04 Å². The first-order valence-electron chi connectivity index (χ1n) is 7.99. The number of nitrogens with two attached hydrogens (primary N) is 1. The van der Waals surface area contributed by atoms with Crippen LogP contribution in [0.4, 0.5) is 0 Å². The van der Waals surface area contributed by atoms with Crippen LogP contribution in [-0.2, 0) is 11.2 Å². The Kier molecular flexibility index (Phi) is 4.27. The summed E-state index contributed by atoms with van der Waals surface area (Å²) in [6.45, 7) is 3.24. The Morgan fingerprint density at radius 3 is 2.76 bits per heavy atom. The predicted molar refractivity (Wildman–Crippen MR) is 83.9 cm³/mol. The maximum Gasteiger partial charge on any atom is 0.237 e. The molecule has 3 rings (SSSR count). The number of hydrogen-bond donors (Lipinski definition) is 2. The lowest BCUT2D eigenvalue weighted by molar-refractivity contribution is -0.123. The molecule has 1 saturated carbocycles. The predicted octanol–water partition coefficient (Wildman–Crippen LogP) is 1.30. The zero-order chi connectivity index (χ0) is 14.8. The smallest absolute Gasteiger partial charge is 0.237 e. The molecule has 1 amide bonds. The van der Waals surface area contributed by atoms with E-state index in [1.54, 1.807) is 0 Å². The summed E-state index contributed by atoms with van der Waals surface area (Å²) >= 11 is 0. The lowest BCUT2D eigenvalue weighted by atomic mass is 10.1. The van der Waals surface area contributed by atoms with E-state index in [0.29, 0.717) is 12.5 Å². The second-order valence-electron chi connectivity index (χ2n) is 6.51. The van der Waals surface area contributed by atoms with Crippen LogP contribution in [0.2, 0.25) is 0 Å². The van der Waals surface area contributed by atoms with E-state index in [2.05, 4.69) is 17.1 Å². The number of nitrogens with one attached hydrogen (secondary N) is 1. The van der Waals surface area contributed by atoms with Gasteiger partial charge in [0.1, 0.15) is 0 Å². The third-order valence-electron chi connectivity index (χ3n) is 4.62. The largest absolute Gasteiger partial charge is 0.351 e. The van der Waals surface area contributed by atoms with Gasteiger partial charge >= 0.3 is 0 Å². The fourth-order valence-electron chi connectivity index (χ4n) is 3.34. The van der Waals surface area contributed by atoms with Crippen molar-refractivity contribution in [1.82, 2.24) is 10.2 Å². The van der Waals surface area contributed by atoms with Gasteiger partial charge in [-0.15, -0.1) is 0 Å². The van der Waals surface area contributed by atoms with Gasteiger partial charge < -0.3 is 11.1 Å². The SMILES string of the molecule is C[C@H]1C[C@@H](NC(=O)[C@@H](N)Cc2ccccc2)CN1C1CC1. The van der Waals surface area contributed by atoms with Gasteiger partial charge in [-0.05, 0) is 38.2 Å². The van der Waals surface area contributed by atoms with Crippen LogP contribution in [0.25, 0.3) is 0 Å². The Labute approximate surface area is 126 Å². The molecule has 1 aromatic rings. The van der Waals surface area contributed by atoms with E-state index < -0.39 is 6.04 Å². The maximum absolute atomic E-state index is 12.2. The molecule has 1 aliphatic heterocycles. The molecule has 21 heavy (non-hydrogen) atoms. The average Bonchev–Trinajstić information content (AvgIpc) is 3.24. The van der Waals surface area contributed by atoms with E-state index in [9.17, 15) is 4.79 Å². The fourth-order valence-corrected chi connectivity index (χ4v) is 3.34. The van der Waals surface area contributed by atoms with Crippen molar-refractivity contribution in [2.24, 2.45) is 5.73 Å². The summed E-state index contributed by atoms with van der Waals surface area (Å²) in [7, 11) is 0. The summed E-state index contributed by atoms with van der Waals surface area (Å²) in [6, 6.07) is 11.1. The molecule has 2 aliphatic rings. The summed E-state index contributed by atoms with van der Waals surface area (Å²) < 4.78 is 0. The normalized spacial score (nSPS) is 27.5. The number of benzene rings is 1. The van der Waals surface area contributed by atoms with Gasteiger partial charge in [0.15, 0.2) is 0 Å². The molecular weight excluding hydrogens is 262 g/mol. The standard InChI is InChI=1S/C17H25N3O/c1-12-9-14(11-20(12)15-7-8-15)19-17(21)16(18)10-13-5-3-2-4-6-13/h2-6,12,14-16H,7-11,18H2,1H3,(H,19,21)/t12-,14+,16-/m0/s1. The highest BCUT2D eigenvalue weighted by Gasteiger charge is 2.39. The molecule has 0 radical (unpaired) electrons. The summed E-state index contributed by atoms with van der Waals surface area (Å²) in [5.74, 6) is -0.0197. The molecule has 0 unspecified atom stereocenters. The summed E-state index contributed by atoms with van der Waals surface area (Å²) in [5, 5.41) is 3.14. The topological polar surface area (TPSA) is 58.4 Å². The molecule has 114 valence electrons. The van der Waals surface area contributed by atoms with Crippen LogP contribution in [-0.4, -0.2) is 41.5 Å². The highest BCUT2D eigenvalue weighted by atomic mass is 16.2. The lowest BCUT2D eigenvalue weighted by Gasteiger charge is -2.20. The number of carbonyl (C=O) groups is 1. The number of carbonyl (C=O) groups excluding carboxylic acids is 1. The van der Waals surface area contributed by atoms with Crippen molar-refractivity contribution >= 4 is 5.91 Å². The van der Waals surface area contributed by atoms with Crippen molar-refractivity contribution in [2.75, 3.05) is 6.54 Å². The van der Waals surface area contributed by atoms with Crippen molar-refractivity contribution in [3.05, 3.63) is 35.9 Å². The monoisotopic (exact) mass is 287 g/mol. The Bertz CT molecular complexity index is 486. The summed E-state index contributed by atoms with van der Waals surface area (Å²) in [6.07, 6.45) is 4.28. The molecule has 0 bridgehead atoms. The molecule has 4 heteroatoms. The molecule has 1 saturated heterocycles. The molecule has 0 spiro atoms. The second-order valence-corrected chi connectivity index (χ2v) is 6.51. The van der Waals surface area contributed by atoms with Gasteiger partial charge in [-0.1, -0.05) is 30.3 Å². The molecule has 1 aromatic carbocycles. The van der Waals surface area contributed by atoms with E-state index in [1.165, 1.54) is 12.8 Å². The third kappa shape index (κ3) is 3.63. The molecule has 2 fully saturated rings. The molecule has 3 atom stereocenters. The number of rotatable bonds is 5. The maximum atomic E-state index is 12.2. The number of hydrogen-bond acceptors (Lipinski definition) is 3. The number of amides is 1. The zero-order valence-electron chi connectivity index (χ0n) is 12.7. The van der Waals surface area contributed by atoms with E-state index >= 15 is 0 Å². The van der Waals surface area contributed by atoms with Crippen molar-refractivity contribution < 1.29 is 4.79 Å². The molecule has 3 N–H and O–H groups in total. The minimum Gasteiger partial charge on any atom is -0.351 e. The first-order valence-corrected chi connectivity index (χ1v) is 7.99. The highest BCUT2D eigenvalue weighted by molar-refractivity contribution is 5.82. The second kappa shape index (κ2) is 6.16. The van der Waals surface area contributed by atoms with Crippen LogP contribution < -0.4 is 11.1 Å². The molecular formula is C17H25N3O. The van der Waals surface area contributed by atoms with E-state index in [0.717, 1.165) is 24.6 Å². The van der Waals surface area contributed by atoms with E-state index in [1.807, 2.05) is 30.3 Å². The first-order chi connectivity index (χ1) is 10.1. The van der Waals surface area contributed by atoms with Crippen LogP contribution in [0.3, 0.4) is 0 Å². The van der Waals surface area contributed by atoms with Gasteiger partial charge in [-0.25, -0.2) is 0 Å². The Balaban J connectivity index is 1.49. The van der Waals surface area contributed by atoms with Crippen LogP contribution in [0.15, 0.2) is 30.3 Å². The fraction of sp³-hybridized carbons (Fsp3) is 0.588. The molecule has 4 nitrogen and oxygen atoms in total. The zero-order valence-corrected chi connectivity index (χ0v) is 12.7. The molecule has 1 aliphatic carbocycles. The summed E-state index contributed by atoms with van der Waals surface area (Å²) in [5.41, 5.74) is 7.15. The summed E-state index contributed by atoms with van der Waals surface area (Å²) in [4.78, 5) is 14.8. The van der Waals surface area contributed by atoms with Crippen LogP contribution in [0, 0.1) is 0 Å². The van der Waals surface area contributed by atoms with Crippen LogP contribution >= 0.6 is 0 Å². The Morgan fingerprint density at radius 1 is 1.38 bits per heavy atom. The van der Waals surface area contributed by atoms with Crippen molar-refractivity contribution in [3.8, 4) is 0 Å². The van der Waals surface area contributed by atoms with Crippen LogP contribution in [0.5, 0.6) is 0 Å². The quantitative estimate of drug-likeness (QED) is 0.858. The average molecular weight is 287 g/mol. The van der Waals surface area contributed by atoms with Crippen LogP contribution in [0.1, 0.15) is 31.7 Å². The minimum atomic E-state index is -0.460. The van der Waals surface area contributed by atoms with Gasteiger partial charge in [0.25, 0.3) is 0 Å². The van der Waals surface area contributed by atoms with Gasteiger partial charge in [-0.2, -0.15) is 0 Å².